The van der Waals surface area contributed by atoms with Gasteiger partial charge in [0.25, 0.3) is 0 Å². The SMILES string of the molecule is CC(O)CN(C)c1ccc(C=O)cc1Cl. The summed E-state index contributed by atoms with van der Waals surface area (Å²) in [6.07, 6.45) is 0.335. The van der Waals surface area contributed by atoms with Gasteiger partial charge in [-0.25, -0.2) is 0 Å². The van der Waals surface area contributed by atoms with Gasteiger partial charge in [-0.3, -0.25) is 4.79 Å². The molecule has 0 fully saturated rings. The normalized spacial score (nSPS) is 12.3. The van der Waals surface area contributed by atoms with E-state index in [4.69, 9.17) is 11.6 Å². The zero-order valence-corrected chi connectivity index (χ0v) is 9.53. The number of nitrogens with zero attached hydrogens (tertiary/aromatic N) is 1. The Morgan fingerprint density at radius 2 is 2.27 bits per heavy atom. The van der Waals surface area contributed by atoms with E-state index in [1.54, 1.807) is 25.1 Å². The molecule has 3 nitrogen and oxygen atoms in total. The molecule has 0 aliphatic carbocycles. The molecule has 0 spiro atoms. The Kier molecular flexibility index (Phi) is 4.12. The molecule has 0 aliphatic rings. The standard InChI is InChI=1S/C11H14ClNO2/c1-8(15)6-13(2)11-4-3-9(7-14)5-10(11)12/h3-5,7-8,15H,6H2,1-2H3. The molecular weight excluding hydrogens is 214 g/mol. The van der Waals surface area contributed by atoms with E-state index in [9.17, 15) is 9.90 Å². The van der Waals surface area contributed by atoms with Crippen molar-refractivity contribution in [3.05, 3.63) is 28.8 Å². The summed E-state index contributed by atoms with van der Waals surface area (Å²) >= 11 is 6.00. The van der Waals surface area contributed by atoms with E-state index in [0.717, 1.165) is 12.0 Å². The molecule has 0 radical (unpaired) electrons. The molecule has 0 bridgehead atoms. The molecule has 1 rings (SSSR count). The van der Waals surface area contributed by atoms with Crippen molar-refractivity contribution in [1.29, 1.82) is 0 Å². The van der Waals surface area contributed by atoms with E-state index in [0.29, 0.717) is 17.1 Å². The summed E-state index contributed by atoms with van der Waals surface area (Å²) < 4.78 is 0. The molecule has 0 heterocycles. The Hall–Kier alpha value is -1.06. The fourth-order valence-corrected chi connectivity index (χ4v) is 1.73. The van der Waals surface area contributed by atoms with Gasteiger partial charge in [0.1, 0.15) is 6.29 Å². The highest BCUT2D eigenvalue weighted by Gasteiger charge is 2.08. The zero-order valence-electron chi connectivity index (χ0n) is 8.77. The van der Waals surface area contributed by atoms with Crippen LogP contribution in [0, 0.1) is 0 Å². The van der Waals surface area contributed by atoms with Crippen molar-refractivity contribution in [2.75, 3.05) is 18.5 Å². The molecule has 1 atom stereocenters. The third-order valence-corrected chi connectivity index (χ3v) is 2.36. The molecule has 15 heavy (non-hydrogen) atoms. The van der Waals surface area contributed by atoms with E-state index in [1.165, 1.54) is 0 Å². The third kappa shape index (κ3) is 3.22. The van der Waals surface area contributed by atoms with Crippen LogP contribution in [0.1, 0.15) is 17.3 Å². The van der Waals surface area contributed by atoms with Gasteiger partial charge in [0.05, 0.1) is 16.8 Å². The van der Waals surface area contributed by atoms with E-state index in [2.05, 4.69) is 0 Å². The van der Waals surface area contributed by atoms with Crippen molar-refractivity contribution >= 4 is 23.6 Å². The molecule has 0 saturated heterocycles. The van der Waals surface area contributed by atoms with Crippen LogP contribution < -0.4 is 4.90 Å². The fourth-order valence-electron chi connectivity index (χ4n) is 1.40. The fraction of sp³-hybridized carbons (Fsp3) is 0.364. The van der Waals surface area contributed by atoms with Crippen LogP contribution in [0.3, 0.4) is 0 Å². The Labute approximate surface area is 94.3 Å². The Balaban J connectivity index is 2.90. The van der Waals surface area contributed by atoms with Crippen LogP contribution in [0.5, 0.6) is 0 Å². The molecule has 1 unspecified atom stereocenters. The summed E-state index contributed by atoms with van der Waals surface area (Å²) in [5.41, 5.74) is 1.36. The van der Waals surface area contributed by atoms with Crippen LogP contribution in [0.15, 0.2) is 18.2 Å². The van der Waals surface area contributed by atoms with E-state index in [1.807, 2.05) is 11.9 Å². The van der Waals surface area contributed by atoms with Crippen LogP contribution in [0.25, 0.3) is 0 Å². The van der Waals surface area contributed by atoms with Crippen molar-refractivity contribution in [2.45, 2.75) is 13.0 Å². The maximum atomic E-state index is 10.5. The van der Waals surface area contributed by atoms with Gasteiger partial charge in [-0.05, 0) is 25.1 Å². The number of aliphatic hydroxyl groups is 1. The number of benzene rings is 1. The summed E-state index contributed by atoms with van der Waals surface area (Å²) in [4.78, 5) is 12.4. The minimum atomic E-state index is -0.420. The molecule has 0 aromatic heterocycles. The van der Waals surface area contributed by atoms with E-state index >= 15 is 0 Å². The van der Waals surface area contributed by atoms with Crippen LogP contribution in [0.4, 0.5) is 5.69 Å². The number of carbonyl (C=O) groups is 1. The summed E-state index contributed by atoms with van der Waals surface area (Å²) in [5, 5.41) is 9.75. The third-order valence-electron chi connectivity index (χ3n) is 2.06. The number of anilines is 1. The largest absolute Gasteiger partial charge is 0.392 e. The summed E-state index contributed by atoms with van der Waals surface area (Å²) in [5.74, 6) is 0. The topological polar surface area (TPSA) is 40.5 Å². The number of aldehydes is 1. The predicted molar refractivity (Wildman–Crippen MR) is 61.8 cm³/mol. The first-order chi connectivity index (χ1) is 7.04. The van der Waals surface area contributed by atoms with Crippen LogP contribution >= 0.6 is 11.6 Å². The molecule has 1 aromatic rings. The van der Waals surface area contributed by atoms with Gasteiger partial charge in [-0.15, -0.1) is 0 Å². The number of aliphatic hydroxyl groups excluding tert-OH is 1. The van der Waals surface area contributed by atoms with Gasteiger partial charge >= 0.3 is 0 Å². The van der Waals surface area contributed by atoms with Gasteiger partial charge in [-0.1, -0.05) is 11.6 Å². The number of carbonyl (C=O) groups excluding carboxylic acids is 1. The quantitative estimate of drug-likeness (QED) is 0.800. The second-order valence-corrected chi connectivity index (χ2v) is 3.97. The smallest absolute Gasteiger partial charge is 0.150 e. The number of hydrogen-bond donors (Lipinski definition) is 1. The van der Waals surface area contributed by atoms with Crippen molar-refractivity contribution < 1.29 is 9.90 Å². The molecule has 82 valence electrons. The lowest BCUT2D eigenvalue weighted by Crippen LogP contribution is -2.27. The Bertz CT molecular complexity index is 352. The van der Waals surface area contributed by atoms with E-state index in [-0.39, 0.29) is 0 Å². The second kappa shape index (κ2) is 5.14. The van der Waals surface area contributed by atoms with Crippen LogP contribution in [0.2, 0.25) is 5.02 Å². The summed E-state index contributed by atoms with van der Waals surface area (Å²) in [7, 11) is 1.84. The van der Waals surface area contributed by atoms with Crippen molar-refractivity contribution in [1.82, 2.24) is 0 Å². The molecule has 1 aromatic carbocycles. The first kappa shape index (κ1) is 12.0. The molecule has 4 heteroatoms. The van der Waals surface area contributed by atoms with Gasteiger partial charge in [0, 0.05) is 19.2 Å². The molecular formula is C11H14ClNO2. The van der Waals surface area contributed by atoms with E-state index < -0.39 is 6.10 Å². The average Bonchev–Trinajstić information content (AvgIpc) is 2.16. The highest BCUT2D eigenvalue weighted by Crippen LogP contribution is 2.25. The maximum absolute atomic E-state index is 10.5. The zero-order chi connectivity index (χ0) is 11.4. The van der Waals surface area contributed by atoms with Crippen LogP contribution in [-0.2, 0) is 0 Å². The lowest BCUT2D eigenvalue weighted by Gasteiger charge is -2.22. The predicted octanol–water partition coefficient (Wildman–Crippen LogP) is 1.97. The molecule has 0 amide bonds. The van der Waals surface area contributed by atoms with Gasteiger partial charge in [0.2, 0.25) is 0 Å². The minimum absolute atomic E-state index is 0.420. The van der Waals surface area contributed by atoms with Gasteiger partial charge in [0.15, 0.2) is 0 Å². The molecule has 0 aliphatic heterocycles. The minimum Gasteiger partial charge on any atom is -0.392 e. The number of rotatable bonds is 4. The number of hydrogen-bond acceptors (Lipinski definition) is 3. The monoisotopic (exact) mass is 227 g/mol. The number of likely N-dealkylation sites (N-methyl/N-ethyl adjacent to an activating group) is 1. The lowest BCUT2D eigenvalue weighted by molar-refractivity contribution is 0.112. The van der Waals surface area contributed by atoms with Gasteiger partial charge in [-0.2, -0.15) is 0 Å². The van der Waals surface area contributed by atoms with Crippen molar-refractivity contribution in [3.63, 3.8) is 0 Å². The Morgan fingerprint density at radius 1 is 1.60 bits per heavy atom. The average molecular weight is 228 g/mol. The summed E-state index contributed by atoms with van der Waals surface area (Å²) in [6, 6.07) is 5.09. The first-order valence-electron chi connectivity index (χ1n) is 4.68. The second-order valence-electron chi connectivity index (χ2n) is 3.56. The molecule has 0 saturated carbocycles. The lowest BCUT2D eigenvalue weighted by atomic mass is 10.2. The first-order valence-corrected chi connectivity index (χ1v) is 5.06. The van der Waals surface area contributed by atoms with Crippen molar-refractivity contribution in [3.8, 4) is 0 Å². The van der Waals surface area contributed by atoms with Gasteiger partial charge < -0.3 is 10.0 Å². The highest BCUT2D eigenvalue weighted by molar-refractivity contribution is 6.33. The van der Waals surface area contributed by atoms with Crippen LogP contribution in [-0.4, -0.2) is 31.1 Å². The number of halogens is 1. The van der Waals surface area contributed by atoms with Crippen molar-refractivity contribution in [2.24, 2.45) is 0 Å². The maximum Gasteiger partial charge on any atom is 0.150 e. The highest BCUT2D eigenvalue weighted by atomic mass is 35.5. The summed E-state index contributed by atoms with van der Waals surface area (Å²) in [6.45, 7) is 2.21. The Morgan fingerprint density at radius 3 is 2.73 bits per heavy atom. The molecule has 1 N–H and O–H groups in total.